The van der Waals surface area contributed by atoms with Gasteiger partial charge in [-0.25, -0.2) is 0 Å². The van der Waals surface area contributed by atoms with Crippen molar-refractivity contribution in [1.82, 2.24) is 10.2 Å². The summed E-state index contributed by atoms with van der Waals surface area (Å²) in [6.07, 6.45) is 1.55. The molecule has 0 rings (SSSR count). The first-order chi connectivity index (χ1) is 7.36. The number of hydrogen-bond acceptors (Lipinski definition) is 2. The van der Waals surface area contributed by atoms with Gasteiger partial charge in [-0.1, -0.05) is 5.57 Å². The maximum absolute atomic E-state index is 11.7. The second-order valence-electron chi connectivity index (χ2n) is 4.30. The van der Waals surface area contributed by atoms with Crippen LogP contribution >= 0.6 is 0 Å². The van der Waals surface area contributed by atoms with E-state index in [2.05, 4.69) is 5.32 Å². The summed E-state index contributed by atoms with van der Waals surface area (Å²) in [6, 6.07) is 0.102. The summed E-state index contributed by atoms with van der Waals surface area (Å²) in [5.41, 5.74) is 0.938. The Morgan fingerprint density at radius 2 is 1.88 bits per heavy atom. The first kappa shape index (κ1) is 14.7. The van der Waals surface area contributed by atoms with Gasteiger partial charge in [-0.05, 0) is 34.6 Å². The molecule has 0 aromatic rings. The zero-order valence-corrected chi connectivity index (χ0v) is 10.8. The molecule has 0 fully saturated rings. The average Bonchev–Trinajstić information content (AvgIpc) is 2.11. The highest BCUT2D eigenvalue weighted by atomic mass is 16.2. The number of nitrogens with one attached hydrogen (secondary N) is 1. The van der Waals surface area contributed by atoms with Crippen molar-refractivity contribution in [2.24, 2.45) is 0 Å². The SMILES string of the molecule is CCN(CC(=O)NC(C)C)C(=O)C=C(C)C. The lowest BCUT2D eigenvalue weighted by atomic mass is 10.3. The predicted molar refractivity (Wildman–Crippen MR) is 65.0 cm³/mol. The number of carbonyl (C=O) groups excluding carboxylic acids is 2. The van der Waals surface area contributed by atoms with E-state index in [9.17, 15) is 9.59 Å². The Labute approximate surface area is 97.7 Å². The lowest BCUT2D eigenvalue weighted by Gasteiger charge is -2.19. The number of amides is 2. The molecule has 0 saturated carbocycles. The molecule has 0 aromatic carbocycles. The molecule has 0 radical (unpaired) electrons. The van der Waals surface area contributed by atoms with Gasteiger partial charge in [-0.15, -0.1) is 0 Å². The third-order valence-electron chi connectivity index (χ3n) is 1.89. The van der Waals surface area contributed by atoms with Crippen molar-refractivity contribution in [2.45, 2.75) is 40.7 Å². The van der Waals surface area contributed by atoms with Gasteiger partial charge in [0.25, 0.3) is 0 Å². The highest BCUT2D eigenvalue weighted by Gasteiger charge is 2.13. The zero-order valence-electron chi connectivity index (χ0n) is 10.8. The van der Waals surface area contributed by atoms with Crippen molar-refractivity contribution in [3.63, 3.8) is 0 Å². The number of carbonyl (C=O) groups is 2. The lowest BCUT2D eigenvalue weighted by molar-refractivity contribution is -0.132. The molecule has 0 aliphatic carbocycles. The van der Waals surface area contributed by atoms with E-state index in [1.807, 2.05) is 34.6 Å². The van der Waals surface area contributed by atoms with E-state index in [0.717, 1.165) is 5.57 Å². The van der Waals surface area contributed by atoms with Gasteiger partial charge < -0.3 is 10.2 Å². The Hall–Kier alpha value is -1.32. The molecule has 0 bridgehead atoms. The first-order valence-corrected chi connectivity index (χ1v) is 5.60. The molecular formula is C12H22N2O2. The van der Waals surface area contributed by atoms with Crippen molar-refractivity contribution < 1.29 is 9.59 Å². The van der Waals surface area contributed by atoms with E-state index >= 15 is 0 Å². The fraction of sp³-hybridized carbons (Fsp3) is 0.667. The van der Waals surface area contributed by atoms with Crippen molar-refractivity contribution in [3.8, 4) is 0 Å². The van der Waals surface area contributed by atoms with Crippen LogP contribution in [0.2, 0.25) is 0 Å². The minimum absolute atomic E-state index is 0.102. The molecule has 1 N–H and O–H groups in total. The Bertz CT molecular complexity index is 279. The van der Waals surface area contributed by atoms with Gasteiger partial charge in [0, 0.05) is 18.7 Å². The second kappa shape index (κ2) is 7.04. The van der Waals surface area contributed by atoms with Crippen molar-refractivity contribution >= 4 is 11.8 Å². The van der Waals surface area contributed by atoms with Crippen molar-refractivity contribution in [1.29, 1.82) is 0 Å². The van der Waals surface area contributed by atoms with Gasteiger partial charge in [-0.2, -0.15) is 0 Å². The van der Waals surface area contributed by atoms with E-state index in [-0.39, 0.29) is 24.4 Å². The number of hydrogen-bond donors (Lipinski definition) is 1. The van der Waals surface area contributed by atoms with E-state index in [4.69, 9.17) is 0 Å². The van der Waals surface area contributed by atoms with Gasteiger partial charge in [0.05, 0.1) is 6.54 Å². The van der Waals surface area contributed by atoms with Gasteiger partial charge in [0.1, 0.15) is 0 Å². The highest BCUT2D eigenvalue weighted by molar-refractivity contribution is 5.91. The number of allylic oxidation sites excluding steroid dienone is 1. The second-order valence-corrected chi connectivity index (χ2v) is 4.30. The molecule has 4 heteroatoms. The molecule has 2 amide bonds. The molecule has 0 atom stereocenters. The number of rotatable bonds is 5. The summed E-state index contributed by atoms with van der Waals surface area (Å²) < 4.78 is 0. The van der Waals surface area contributed by atoms with Crippen LogP contribution in [-0.2, 0) is 9.59 Å². The Morgan fingerprint density at radius 3 is 2.25 bits per heavy atom. The highest BCUT2D eigenvalue weighted by Crippen LogP contribution is 1.96. The van der Waals surface area contributed by atoms with E-state index < -0.39 is 0 Å². The van der Waals surface area contributed by atoms with Crippen LogP contribution in [0.15, 0.2) is 11.6 Å². The normalized spacial score (nSPS) is 9.88. The summed E-state index contributed by atoms with van der Waals surface area (Å²) >= 11 is 0. The maximum atomic E-state index is 11.7. The molecule has 92 valence electrons. The molecule has 4 nitrogen and oxygen atoms in total. The van der Waals surface area contributed by atoms with Crippen molar-refractivity contribution in [3.05, 3.63) is 11.6 Å². The van der Waals surface area contributed by atoms with Crippen LogP contribution in [0, 0.1) is 0 Å². The lowest BCUT2D eigenvalue weighted by Crippen LogP contribution is -2.42. The zero-order chi connectivity index (χ0) is 12.7. The van der Waals surface area contributed by atoms with E-state index in [0.29, 0.717) is 6.54 Å². The summed E-state index contributed by atoms with van der Waals surface area (Å²) in [7, 11) is 0. The van der Waals surface area contributed by atoms with Gasteiger partial charge in [0.2, 0.25) is 11.8 Å². The Balaban J connectivity index is 4.35. The molecule has 0 aliphatic rings. The minimum atomic E-state index is -0.118. The Morgan fingerprint density at radius 1 is 1.31 bits per heavy atom. The molecule has 0 heterocycles. The van der Waals surface area contributed by atoms with E-state index in [1.165, 1.54) is 4.90 Å². The van der Waals surface area contributed by atoms with Gasteiger partial charge in [-0.3, -0.25) is 9.59 Å². The third-order valence-corrected chi connectivity index (χ3v) is 1.89. The Kier molecular flexibility index (Phi) is 6.46. The summed E-state index contributed by atoms with van der Waals surface area (Å²) in [5, 5.41) is 2.76. The van der Waals surface area contributed by atoms with Crippen LogP contribution in [0.1, 0.15) is 34.6 Å². The standard InChI is InChI=1S/C12H22N2O2/c1-6-14(12(16)7-9(2)3)8-11(15)13-10(4)5/h7,10H,6,8H2,1-5H3,(H,13,15). The van der Waals surface area contributed by atoms with Gasteiger partial charge >= 0.3 is 0 Å². The topological polar surface area (TPSA) is 49.4 Å². The molecule has 0 saturated heterocycles. The molecule has 0 aliphatic heterocycles. The number of likely N-dealkylation sites (N-methyl/N-ethyl adjacent to an activating group) is 1. The van der Waals surface area contributed by atoms with Crippen LogP contribution in [0.3, 0.4) is 0 Å². The third kappa shape index (κ3) is 6.22. The van der Waals surface area contributed by atoms with Crippen LogP contribution in [0.4, 0.5) is 0 Å². The van der Waals surface area contributed by atoms with Crippen LogP contribution in [0.5, 0.6) is 0 Å². The molecular weight excluding hydrogens is 204 g/mol. The van der Waals surface area contributed by atoms with Crippen molar-refractivity contribution in [2.75, 3.05) is 13.1 Å². The van der Waals surface area contributed by atoms with Gasteiger partial charge in [0.15, 0.2) is 0 Å². The fourth-order valence-corrected chi connectivity index (χ4v) is 1.22. The summed E-state index contributed by atoms with van der Waals surface area (Å²) in [4.78, 5) is 24.7. The molecule has 0 spiro atoms. The van der Waals surface area contributed by atoms with Crippen LogP contribution in [0.25, 0.3) is 0 Å². The summed E-state index contributed by atoms with van der Waals surface area (Å²) in [5.74, 6) is -0.228. The number of nitrogens with zero attached hydrogens (tertiary/aromatic N) is 1. The predicted octanol–water partition coefficient (Wildman–Crippen LogP) is 1.33. The molecule has 0 aromatic heterocycles. The fourth-order valence-electron chi connectivity index (χ4n) is 1.22. The largest absolute Gasteiger partial charge is 0.352 e. The molecule has 16 heavy (non-hydrogen) atoms. The maximum Gasteiger partial charge on any atom is 0.246 e. The summed E-state index contributed by atoms with van der Waals surface area (Å²) in [6.45, 7) is 10.0. The first-order valence-electron chi connectivity index (χ1n) is 5.60. The van der Waals surface area contributed by atoms with Crippen LogP contribution in [-0.4, -0.2) is 35.8 Å². The van der Waals surface area contributed by atoms with Crippen LogP contribution < -0.4 is 5.32 Å². The quantitative estimate of drug-likeness (QED) is 0.719. The smallest absolute Gasteiger partial charge is 0.246 e. The minimum Gasteiger partial charge on any atom is -0.352 e. The average molecular weight is 226 g/mol. The monoisotopic (exact) mass is 226 g/mol. The van der Waals surface area contributed by atoms with E-state index in [1.54, 1.807) is 6.08 Å². The molecule has 0 unspecified atom stereocenters.